The van der Waals surface area contributed by atoms with Crippen molar-refractivity contribution in [2.24, 2.45) is 5.73 Å². The molecule has 78 valence electrons. The molecule has 14 heavy (non-hydrogen) atoms. The van der Waals surface area contributed by atoms with Crippen molar-refractivity contribution in [3.8, 4) is 0 Å². The van der Waals surface area contributed by atoms with Crippen LogP contribution in [0.15, 0.2) is 16.6 Å². The molecule has 0 aliphatic carbocycles. The van der Waals surface area contributed by atoms with Crippen LogP contribution in [-0.4, -0.2) is 0 Å². The summed E-state index contributed by atoms with van der Waals surface area (Å²) >= 11 is 2.79. The molecule has 0 radical (unpaired) electrons. The van der Waals surface area contributed by atoms with Crippen LogP contribution < -0.4 is 5.73 Å². The van der Waals surface area contributed by atoms with Crippen LogP contribution in [0.1, 0.15) is 11.1 Å². The maximum Gasteiger partial charge on any atom is 0.416 e. The van der Waals surface area contributed by atoms with Crippen LogP contribution in [0.25, 0.3) is 0 Å². The molecule has 0 saturated heterocycles. The van der Waals surface area contributed by atoms with Gasteiger partial charge in [-0.25, -0.2) is 4.39 Å². The maximum absolute atomic E-state index is 12.8. The smallest absolute Gasteiger partial charge is 0.326 e. The lowest BCUT2D eigenvalue weighted by atomic mass is 10.1. The van der Waals surface area contributed by atoms with Gasteiger partial charge in [-0.2, -0.15) is 13.2 Å². The highest BCUT2D eigenvalue weighted by atomic mass is 79.9. The summed E-state index contributed by atoms with van der Waals surface area (Å²) in [6.07, 6.45) is -4.57. The standard InChI is InChI=1S/C8H6BrF4N/c9-6-1-4(3-14)5(2-7(6)10)8(11,12)13/h1-2H,3,14H2. The Hall–Kier alpha value is -0.620. The normalized spacial score (nSPS) is 11.9. The number of alkyl halides is 3. The summed E-state index contributed by atoms with van der Waals surface area (Å²) in [6.45, 7) is -0.284. The van der Waals surface area contributed by atoms with Crippen molar-refractivity contribution in [3.63, 3.8) is 0 Å². The van der Waals surface area contributed by atoms with Crippen molar-refractivity contribution < 1.29 is 17.6 Å². The highest BCUT2D eigenvalue weighted by Crippen LogP contribution is 2.34. The van der Waals surface area contributed by atoms with Gasteiger partial charge in [-0.15, -0.1) is 0 Å². The average molecular weight is 272 g/mol. The molecule has 0 heterocycles. The molecule has 1 aromatic rings. The van der Waals surface area contributed by atoms with Crippen molar-refractivity contribution >= 4 is 15.9 Å². The molecule has 1 nitrogen and oxygen atoms in total. The van der Waals surface area contributed by atoms with Crippen LogP contribution in [0.2, 0.25) is 0 Å². The Morgan fingerprint density at radius 1 is 1.29 bits per heavy atom. The Labute approximate surface area is 86.0 Å². The van der Waals surface area contributed by atoms with Crippen LogP contribution >= 0.6 is 15.9 Å². The molecule has 0 bridgehead atoms. The second-order valence-electron chi connectivity index (χ2n) is 2.63. The van der Waals surface area contributed by atoms with E-state index in [4.69, 9.17) is 5.73 Å². The van der Waals surface area contributed by atoms with Crippen molar-refractivity contribution in [3.05, 3.63) is 33.5 Å². The molecule has 2 N–H and O–H groups in total. The molecule has 0 spiro atoms. The van der Waals surface area contributed by atoms with Crippen LogP contribution in [0.5, 0.6) is 0 Å². The minimum Gasteiger partial charge on any atom is -0.326 e. The van der Waals surface area contributed by atoms with Crippen LogP contribution in [0, 0.1) is 5.82 Å². The number of halogens is 5. The van der Waals surface area contributed by atoms with Gasteiger partial charge in [-0.1, -0.05) is 0 Å². The molecule has 0 amide bonds. The van der Waals surface area contributed by atoms with Gasteiger partial charge in [-0.05, 0) is 33.6 Å². The third kappa shape index (κ3) is 2.24. The summed E-state index contributed by atoms with van der Waals surface area (Å²) in [6, 6.07) is 1.48. The molecule has 0 unspecified atom stereocenters. The zero-order chi connectivity index (χ0) is 10.9. The highest BCUT2D eigenvalue weighted by Gasteiger charge is 2.33. The summed E-state index contributed by atoms with van der Waals surface area (Å²) in [5.74, 6) is -0.950. The summed E-state index contributed by atoms with van der Waals surface area (Å²) in [5, 5.41) is 0. The monoisotopic (exact) mass is 271 g/mol. The van der Waals surface area contributed by atoms with Gasteiger partial charge in [0.15, 0.2) is 0 Å². The number of hydrogen-bond donors (Lipinski definition) is 1. The van der Waals surface area contributed by atoms with E-state index in [2.05, 4.69) is 15.9 Å². The van der Waals surface area contributed by atoms with Gasteiger partial charge in [0, 0.05) is 6.54 Å². The highest BCUT2D eigenvalue weighted by molar-refractivity contribution is 9.10. The second kappa shape index (κ2) is 3.86. The van der Waals surface area contributed by atoms with Gasteiger partial charge in [0.2, 0.25) is 0 Å². The summed E-state index contributed by atoms with van der Waals surface area (Å²) in [4.78, 5) is 0. The first-order valence-electron chi connectivity index (χ1n) is 3.61. The van der Waals surface area contributed by atoms with Crippen molar-refractivity contribution in [1.82, 2.24) is 0 Å². The Balaban J connectivity index is 3.35. The van der Waals surface area contributed by atoms with Gasteiger partial charge in [0.05, 0.1) is 10.0 Å². The first-order chi connectivity index (χ1) is 6.36. The Bertz CT molecular complexity index is 348. The number of nitrogens with two attached hydrogens (primary N) is 1. The quantitative estimate of drug-likeness (QED) is 0.781. The fourth-order valence-corrected chi connectivity index (χ4v) is 1.41. The summed E-state index contributed by atoms with van der Waals surface area (Å²) < 4.78 is 49.7. The van der Waals surface area contributed by atoms with Crippen molar-refractivity contribution in [2.45, 2.75) is 12.7 Å². The number of rotatable bonds is 1. The van der Waals surface area contributed by atoms with Crippen molar-refractivity contribution in [2.75, 3.05) is 0 Å². The van der Waals surface area contributed by atoms with Gasteiger partial charge >= 0.3 is 6.18 Å². The van der Waals surface area contributed by atoms with E-state index in [0.717, 1.165) is 6.07 Å². The van der Waals surface area contributed by atoms with Gasteiger partial charge < -0.3 is 5.73 Å². The molecular formula is C8H6BrF4N. The third-order valence-corrected chi connectivity index (χ3v) is 2.28. The van der Waals surface area contributed by atoms with Gasteiger partial charge in [0.25, 0.3) is 0 Å². The van der Waals surface area contributed by atoms with E-state index in [1.165, 1.54) is 0 Å². The molecule has 0 saturated carbocycles. The Morgan fingerprint density at radius 2 is 1.86 bits per heavy atom. The molecule has 1 aromatic carbocycles. The predicted molar refractivity (Wildman–Crippen MR) is 47.0 cm³/mol. The molecule has 0 atom stereocenters. The lowest BCUT2D eigenvalue weighted by Crippen LogP contribution is -2.12. The first kappa shape index (κ1) is 11.5. The van der Waals surface area contributed by atoms with E-state index >= 15 is 0 Å². The van der Waals surface area contributed by atoms with Gasteiger partial charge in [0.1, 0.15) is 5.82 Å². The van der Waals surface area contributed by atoms with E-state index in [0.29, 0.717) is 6.07 Å². The Morgan fingerprint density at radius 3 is 2.29 bits per heavy atom. The average Bonchev–Trinajstić information content (AvgIpc) is 2.07. The van der Waals surface area contributed by atoms with E-state index in [9.17, 15) is 17.6 Å². The molecular weight excluding hydrogens is 266 g/mol. The minimum atomic E-state index is -4.57. The molecule has 6 heteroatoms. The van der Waals surface area contributed by atoms with Crippen LogP contribution in [0.4, 0.5) is 17.6 Å². The van der Waals surface area contributed by atoms with E-state index in [1.54, 1.807) is 0 Å². The lowest BCUT2D eigenvalue weighted by Gasteiger charge is -2.12. The molecule has 0 fully saturated rings. The fourth-order valence-electron chi connectivity index (χ4n) is 1.02. The van der Waals surface area contributed by atoms with E-state index < -0.39 is 17.6 Å². The molecule has 0 aromatic heterocycles. The van der Waals surface area contributed by atoms with Crippen LogP contribution in [-0.2, 0) is 12.7 Å². The van der Waals surface area contributed by atoms with Crippen LogP contribution in [0.3, 0.4) is 0 Å². The van der Waals surface area contributed by atoms with Gasteiger partial charge in [-0.3, -0.25) is 0 Å². The number of hydrogen-bond acceptors (Lipinski definition) is 1. The fraction of sp³-hybridized carbons (Fsp3) is 0.250. The maximum atomic E-state index is 12.8. The number of benzene rings is 1. The van der Waals surface area contributed by atoms with E-state index in [-0.39, 0.29) is 16.6 Å². The van der Waals surface area contributed by atoms with Crippen molar-refractivity contribution in [1.29, 1.82) is 0 Å². The molecule has 0 aliphatic rings. The summed E-state index contributed by atoms with van der Waals surface area (Å²) in [7, 11) is 0. The third-order valence-electron chi connectivity index (χ3n) is 1.67. The topological polar surface area (TPSA) is 26.0 Å². The minimum absolute atomic E-state index is 0.0223. The molecule has 0 aliphatic heterocycles. The predicted octanol–water partition coefficient (Wildman–Crippen LogP) is 3.07. The zero-order valence-corrected chi connectivity index (χ0v) is 8.41. The first-order valence-corrected chi connectivity index (χ1v) is 4.40. The SMILES string of the molecule is NCc1cc(Br)c(F)cc1C(F)(F)F. The van der Waals surface area contributed by atoms with E-state index in [1.807, 2.05) is 0 Å². The molecule has 1 rings (SSSR count). The lowest BCUT2D eigenvalue weighted by molar-refractivity contribution is -0.138. The zero-order valence-electron chi connectivity index (χ0n) is 6.83. The second-order valence-corrected chi connectivity index (χ2v) is 3.48. The summed E-state index contributed by atoms with van der Waals surface area (Å²) in [5.41, 5.74) is 3.96. The Kier molecular flexibility index (Phi) is 3.16. The largest absolute Gasteiger partial charge is 0.416 e.